The van der Waals surface area contributed by atoms with Gasteiger partial charge in [-0.25, -0.2) is 38.5 Å². The van der Waals surface area contributed by atoms with E-state index in [0.29, 0.717) is 0 Å². The Labute approximate surface area is 463 Å². The number of carbonyl (C=O) groups is 9. The molecule has 0 aliphatic rings. The lowest BCUT2D eigenvalue weighted by Gasteiger charge is -2.26. The molecule has 0 atom stereocenters. The Kier molecular flexibility index (Phi) is 44.4. The fourth-order valence-corrected chi connectivity index (χ4v) is 3.17. The van der Waals surface area contributed by atoms with E-state index in [1.807, 2.05) is 76.4 Å². The summed E-state index contributed by atoms with van der Waals surface area (Å²) in [6, 6.07) is 0. The monoisotopic (exact) mass is 1120 g/mol. The van der Waals surface area contributed by atoms with Crippen LogP contribution in [0.15, 0.2) is 0 Å². The molecule has 0 unspecified atom stereocenters. The first kappa shape index (κ1) is 88.0. The molecular formula is C53H108N4O20. The average Bonchev–Trinajstić information content (AvgIpc) is 3.06. The standard InChI is InChI=1S/C11H21NO4.2C10H18O5.C7H15NO2.2C6H12O2.C2H7N.CH5N/c1-10(2,3)15-8(13)12(7)9(14)16-11(4,5)6;2*1-9(2,3)14-7(11)13-8(12)15-10(4,5)6;1-7(2,3)10-6(9)8(4)5;2*1-5(7)8-6(2,3)4;1-3-2;1-2/h1-7H3;2*1-6H3;1-5H3;2*1-4H3;3H,1-2H3;2H2,1H3. The molecule has 0 radical (unpaired) electrons. The predicted octanol–water partition coefficient (Wildman–Crippen LogP) is 12.1. The summed E-state index contributed by atoms with van der Waals surface area (Å²) in [6.45, 7) is 49.8. The van der Waals surface area contributed by atoms with Crippen LogP contribution >= 0.6 is 0 Å². The Balaban J connectivity index is -0.000000124. The van der Waals surface area contributed by atoms with Gasteiger partial charge in [-0.15, -0.1) is 0 Å². The number of esters is 2. The summed E-state index contributed by atoms with van der Waals surface area (Å²) in [5.74, 6) is -0.449. The van der Waals surface area contributed by atoms with Gasteiger partial charge >= 0.3 is 54.8 Å². The van der Waals surface area contributed by atoms with Crippen LogP contribution in [0.1, 0.15) is 201 Å². The van der Waals surface area contributed by atoms with E-state index in [-0.39, 0.29) is 34.8 Å². The third-order valence-corrected chi connectivity index (χ3v) is 4.88. The van der Waals surface area contributed by atoms with E-state index >= 15 is 0 Å². The molecule has 0 aromatic rings. The van der Waals surface area contributed by atoms with Crippen molar-refractivity contribution >= 4 is 54.8 Å². The predicted molar refractivity (Wildman–Crippen MR) is 295 cm³/mol. The minimum atomic E-state index is -1.06. The summed E-state index contributed by atoms with van der Waals surface area (Å²) in [5.41, 5.74) is -0.587. The Morgan fingerprint density at radius 1 is 0.299 bits per heavy atom. The Bertz CT molecular complexity index is 1560. The summed E-state index contributed by atoms with van der Waals surface area (Å²) in [7, 11) is 9.89. The van der Waals surface area contributed by atoms with Crippen LogP contribution in [-0.2, 0) is 61.7 Å². The molecule has 0 saturated carbocycles. The van der Waals surface area contributed by atoms with Gasteiger partial charge in [0.25, 0.3) is 0 Å². The van der Waals surface area contributed by atoms with E-state index < -0.39 is 70.4 Å². The highest BCUT2D eigenvalue weighted by molar-refractivity contribution is 5.87. The van der Waals surface area contributed by atoms with Gasteiger partial charge in [0.15, 0.2) is 0 Å². The molecular weight excluding hydrogens is 1010 g/mol. The van der Waals surface area contributed by atoms with E-state index in [2.05, 4.69) is 20.5 Å². The molecule has 460 valence electrons. The van der Waals surface area contributed by atoms with E-state index in [4.69, 9.17) is 42.6 Å². The van der Waals surface area contributed by atoms with Crippen molar-refractivity contribution in [1.29, 1.82) is 0 Å². The summed E-state index contributed by atoms with van der Waals surface area (Å²) >= 11 is 0. The van der Waals surface area contributed by atoms with Gasteiger partial charge in [-0.2, -0.15) is 0 Å². The van der Waals surface area contributed by atoms with Crippen LogP contribution in [0.2, 0.25) is 0 Å². The second-order valence-electron chi connectivity index (χ2n) is 24.9. The van der Waals surface area contributed by atoms with Crippen molar-refractivity contribution in [1.82, 2.24) is 15.1 Å². The van der Waals surface area contributed by atoms with E-state index in [9.17, 15) is 43.2 Å². The molecule has 3 N–H and O–H groups in total. The van der Waals surface area contributed by atoms with Gasteiger partial charge in [-0.05, 0) is 208 Å². The van der Waals surface area contributed by atoms with Crippen molar-refractivity contribution in [3.05, 3.63) is 0 Å². The normalized spacial score (nSPS) is 11.1. The largest absolute Gasteiger partial charge is 0.519 e. The lowest BCUT2D eigenvalue weighted by molar-refractivity contribution is -0.153. The Hall–Kier alpha value is -5.65. The number of ether oxygens (including phenoxy) is 11. The van der Waals surface area contributed by atoms with Crippen molar-refractivity contribution in [2.75, 3.05) is 42.3 Å². The van der Waals surface area contributed by atoms with Crippen LogP contribution in [-0.4, -0.2) is 157 Å². The first-order chi connectivity index (χ1) is 33.5. The molecule has 24 nitrogen and oxygen atoms in total. The lowest BCUT2D eigenvalue weighted by atomic mass is 10.2. The zero-order valence-corrected chi connectivity index (χ0v) is 54.1. The Morgan fingerprint density at radius 3 is 0.532 bits per heavy atom. The minimum absolute atomic E-state index is 0.225. The number of nitrogens with one attached hydrogen (secondary N) is 1. The molecule has 0 saturated heterocycles. The fraction of sp³-hybridized carbons (Fsp3) is 0.830. The first-order valence-corrected chi connectivity index (χ1v) is 24.4. The SMILES string of the molecule is CC(=O)OC(C)(C)C.CC(=O)OC(C)(C)C.CC(C)(C)OC(=O)OC(=O)OC(C)(C)C.CC(C)(C)OC(=O)OC(=O)OC(C)(C)C.CN.CN(C(=O)OC(C)(C)C)C(=O)OC(C)(C)C.CN(C)C(=O)OC(C)(C)C.CNC. The highest BCUT2D eigenvalue weighted by atomic mass is 16.8. The molecule has 0 aliphatic carbocycles. The van der Waals surface area contributed by atoms with E-state index in [1.54, 1.807) is 139 Å². The third kappa shape index (κ3) is 93.3. The highest BCUT2D eigenvalue weighted by Gasteiger charge is 2.29. The van der Waals surface area contributed by atoms with Crippen molar-refractivity contribution in [3.8, 4) is 0 Å². The zero-order chi connectivity index (χ0) is 64.3. The number of hydrogen-bond donors (Lipinski definition) is 2. The third-order valence-electron chi connectivity index (χ3n) is 4.88. The molecule has 0 spiro atoms. The topological polar surface area (TPSA) is 300 Å². The molecule has 0 aromatic carbocycles. The number of amides is 3. The van der Waals surface area contributed by atoms with Crippen molar-refractivity contribution < 1.29 is 95.3 Å². The quantitative estimate of drug-likeness (QED) is 0.129. The molecule has 0 bridgehead atoms. The minimum Gasteiger partial charge on any atom is -0.460 e. The molecule has 0 aromatic heterocycles. The van der Waals surface area contributed by atoms with E-state index in [0.717, 1.165) is 4.90 Å². The van der Waals surface area contributed by atoms with Gasteiger partial charge in [0.2, 0.25) is 0 Å². The number of nitrogens with two attached hydrogens (primary N) is 1. The molecule has 24 heteroatoms. The van der Waals surface area contributed by atoms with Crippen LogP contribution < -0.4 is 11.1 Å². The highest BCUT2D eigenvalue weighted by Crippen LogP contribution is 2.15. The summed E-state index contributed by atoms with van der Waals surface area (Å²) in [4.78, 5) is 101. The summed E-state index contributed by atoms with van der Waals surface area (Å²) in [6.07, 6.45) is -5.97. The van der Waals surface area contributed by atoms with Gasteiger partial charge in [0.05, 0.1) is 0 Å². The number of carbonyl (C=O) groups excluding carboxylic acids is 9. The first-order valence-electron chi connectivity index (χ1n) is 24.4. The number of rotatable bonds is 0. The summed E-state index contributed by atoms with van der Waals surface area (Å²) in [5, 5.41) is 2.75. The zero-order valence-electron chi connectivity index (χ0n) is 54.1. The van der Waals surface area contributed by atoms with Crippen LogP contribution in [0, 0.1) is 0 Å². The maximum absolute atomic E-state index is 11.5. The van der Waals surface area contributed by atoms with E-state index in [1.165, 1.54) is 32.8 Å². The molecule has 77 heavy (non-hydrogen) atoms. The average molecular weight is 1120 g/mol. The lowest BCUT2D eigenvalue weighted by Crippen LogP contribution is -2.41. The second kappa shape index (κ2) is 38.8. The van der Waals surface area contributed by atoms with Crippen molar-refractivity contribution in [2.45, 2.75) is 251 Å². The van der Waals surface area contributed by atoms with Crippen LogP contribution in [0.25, 0.3) is 0 Å². The smallest absolute Gasteiger partial charge is 0.460 e. The molecule has 0 heterocycles. The van der Waals surface area contributed by atoms with Gasteiger partial charge in [0.1, 0.15) is 50.4 Å². The molecule has 0 fully saturated rings. The molecule has 0 rings (SSSR count). The maximum atomic E-state index is 11.5. The Morgan fingerprint density at radius 2 is 0.442 bits per heavy atom. The fourth-order valence-electron chi connectivity index (χ4n) is 3.17. The van der Waals surface area contributed by atoms with Crippen LogP contribution in [0.5, 0.6) is 0 Å². The number of nitrogens with zero attached hydrogens (tertiary/aromatic N) is 2. The van der Waals surface area contributed by atoms with Gasteiger partial charge < -0.3 is 68.1 Å². The number of hydrogen-bond acceptors (Lipinski definition) is 22. The molecule has 0 aliphatic heterocycles. The van der Waals surface area contributed by atoms with Gasteiger partial charge in [0, 0.05) is 35.0 Å². The van der Waals surface area contributed by atoms with Gasteiger partial charge in [-0.3, -0.25) is 9.59 Å². The van der Waals surface area contributed by atoms with Gasteiger partial charge in [-0.1, -0.05) is 0 Å². The number of imide groups is 1. The van der Waals surface area contributed by atoms with Crippen LogP contribution in [0.4, 0.5) is 33.6 Å². The summed E-state index contributed by atoms with van der Waals surface area (Å²) < 4.78 is 52.2. The maximum Gasteiger partial charge on any atom is 0.519 e. The second-order valence-corrected chi connectivity index (χ2v) is 24.9. The van der Waals surface area contributed by atoms with Crippen LogP contribution in [0.3, 0.4) is 0 Å². The van der Waals surface area contributed by atoms with Crippen molar-refractivity contribution in [2.24, 2.45) is 5.73 Å². The van der Waals surface area contributed by atoms with Crippen molar-refractivity contribution in [3.63, 3.8) is 0 Å². The molecule has 3 amide bonds.